The van der Waals surface area contributed by atoms with Crippen molar-refractivity contribution < 1.29 is 22.7 Å². The summed E-state index contributed by atoms with van der Waals surface area (Å²) in [4.78, 5) is 19.5. The third kappa shape index (κ3) is 4.20. The minimum atomic E-state index is -4.81. The smallest absolute Gasteiger partial charge is 0.434 e. The molecule has 0 aliphatic heterocycles. The van der Waals surface area contributed by atoms with Crippen LogP contribution in [0.2, 0.25) is 0 Å². The Bertz CT molecular complexity index is 1000. The van der Waals surface area contributed by atoms with Gasteiger partial charge in [0, 0.05) is 11.6 Å². The first-order valence-corrected chi connectivity index (χ1v) is 7.69. The van der Waals surface area contributed by atoms with Crippen LogP contribution in [0.4, 0.5) is 13.2 Å². The summed E-state index contributed by atoms with van der Waals surface area (Å²) in [6.45, 7) is 0. The number of ether oxygens (including phenoxy) is 1. The van der Waals surface area contributed by atoms with Crippen LogP contribution in [0.15, 0.2) is 53.8 Å². The molecule has 0 atom stereocenters. The first-order valence-electron chi connectivity index (χ1n) is 7.69. The number of nitrogens with zero attached hydrogens (tertiary/aromatic N) is 3. The van der Waals surface area contributed by atoms with E-state index in [2.05, 4.69) is 20.5 Å². The zero-order chi connectivity index (χ0) is 19.4. The molecule has 0 radical (unpaired) electrons. The Labute approximate surface area is 151 Å². The summed E-state index contributed by atoms with van der Waals surface area (Å²) in [7, 11) is 1.52. The van der Waals surface area contributed by atoms with Crippen LogP contribution in [0.1, 0.15) is 21.6 Å². The Hall–Kier alpha value is -3.49. The molecule has 1 aromatic carbocycles. The number of aromatic nitrogens is 2. The monoisotopic (exact) mass is 374 g/mol. The fourth-order valence-electron chi connectivity index (χ4n) is 2.31. The molecular formula is C18H13F3N4O2. The van der Waals surface area contributed by atoms with Crippen LogP contribution in [-0.2, 0) is 6.18 Å². The molecule has 138 valence electrons. The van der Waals surface area contributed by atoms with E-state index in [1.807, 2.05) is 0 Å². The van der Waals surface area contributed by atoms with Crippen LogP contribution < -0.4 is 10.2 Å². The normalized spacial score (nSPS) is 11.7. The van der Waals surface area contributed by atoms with E-state index in [9.17, 15) is 18.0 Å². The zero-order valence-corrected chi connectivity index (χ0v) is 14.0. The molecule has 2 heterocycles. The number of carbonyl (C=O) groups excluding carboxylic acids is 1. The van der Waals surface area contributed by atoms with Gasteiger partial charge in [-0.2, -0.15) is 18.3 Å². The van der Waals surface area contributed by atoms with Crippen molar-refractivity contribution in [2.45, 2.75) is 6.18 Å². The van der Waals surface area contributed by atoms with E-state index in [1.54, 1.807) is 30.3 Å². The maximum absolute atomic E-state index is 13.3. The maximum Gasteiger partial charge on any atom is 0.434 e. The van der Waals surface area contributed by atoms with Crippen molar-refractivity contribution in [3.05, 3.63) is 65.5 Å². The van der Waals surface area contributed by atoms with Gasteiger partial charge in [-0.1, -0.05) is 0 Å². The van der Waals surface area contributed by atoms with Crippen LogP contribution in [0.3, 0.4) is 0 Å². The van der Waals surface area contributed by atoms with Crippen molar-refractivity contribution in [3.63, 3.8) is 0 Å². The number of pyridine rings is 2. The predicted octanol–water partition coefficient (Wildman–Crippen LogP) is 3.42. The molecule has 27 heavy (non-hydrogen) atoms. The summed E-state index contributed by atoms with van der Waals surface area (Å²) in [5.74, 6) is -0.382. The third-order valence-corrected chi connectivity index (χ3v) is 3.60. The fraction of sp³-hybridized carbons (Fsp3) is 0.111. The topological polar surface area (TPSA) is 76.5 Å². The van der Waals surface area contributed by atoms with E-state index in [0.29, 0.717) is 16.7 Å². The Morgan fingerprint density at radius 3 is 2.63 bits per heavy atom. The lowest BCUT2D eigenvalue weighted by molar-refractivity contribution is -0.141. The lowest BCUT2D eigenvalue weighted by Gasteiger charge is -2.11. The van der Waals surface area contributed by atoms with Gasteiger partial charge in [0.1, 0.15) is 5.75 Å². The van der Waals surface area contributed by atoms with E-state index in [4.69, 9.17) is 4.74 Å². The molecule has 0 saturated heterocycles. The van der Waals surface area contributed by atoms with Crippen LogP contribution in [0.25, 0.3) is 11.0 Å². The van der Waals surface area contributed by atoms with E-state index in [1.165, 1.54) is 25.6 Å². The highest BCUT2D eigenvalue weighted by atomic mass is 19.4. The molecule has 2 aromatic heterocycles. The van der Waals surface area contributed by atoms with Crippen molar-refractivity contribution >= 4 is 23.2 Å². The highest BCUT2D eigenvalue weighted by molar-refractivity contribution is 5.98. The van der Waals surface area contributed by atoms with Gasteiger partial charge < -0.3 is 4.74 Å². The van der Waals surface area contributed by atoms with Gasteiger partial charge in [0.05, 0.1) is 18.9 Å². The molecule has 0 spiro atoms. The average molecular weight is 374 g/mol. The number of nitrogens with one attached hydrogen (secondary N) is 1. The van der Waals surface area contributed by atoms with Crippen LogP contribution in [0.5, 0.6) is 5.75 Å². The second-order valence-corrected chi connectivity index (χ2v) is 5.40. The number of hydrazone groups is 1. The van der Waals surface area contributed by atoms with E-state index in [0.717, 1.165) is 6.07 Å². The summed E-state index contributed by atoms with van der Waals surface area (Å²) in [5.41, 5.74) is 0.686. The Morgan fingerprint density at radius 2 is 1.96 bits per heavy atom. The van der Waals surface area contributed by atoms with Gasteiger partial charge >= 0.3 is 6.18 Å². The van der Waals surface area contributed by atoms with E-state index < -0.39 is 23.3 Å². The van der Waals surface area contributed by atoms with Crippen molar-refractivity contribution in [3.8, 4) is 5.75 Å². The minimum absolute atomic E-state index is 0.0943. The highest BCUT2D eigenvalue weighted by Gasteiger charge is 2.37. The Morgan fingerprint density at radius 1 is 1.22 bits per heavy atom. The average Bonchev–Trinajstić information content (AvgIpc) is 2.66. The van der Waals surface area contributed by atoms with Crippen molar-refractivity contribution in [1.82, 2.24) is 15.4 Å². The van der Waals surface area contributed by atoms with Gasteiger partial charge in [-0.25, -0.2) is 15.4 Å². The third-order valence-electron chi connectivity index (χ3n) is 3.60. The fourth-order valence-corrected chi connectivity index (χ4v) is 2.31. The summed E-state index contributed by atoms with van der Waals surface area (Å²) in [5, 5.41) is 4.02. The molecule has 3 rings (SSSR count). The molecule has 6 nitrogen and oxygen atoms in total. The number of rotatable bonds is 4. The SMILES string of the molecule is COc1ccc(/C=N/NC(=O)c2cc3cccnc3nc2C(F)(F)F)cc1. The molecule has 1 amide bonds. The number of hydrogen-bond acceptors (Lipinski definition) is 5. The van der Waals surface area contributed by atoms with Crippen LogP contribution in [0, 0.1) is 0 Å². The number of hydrogen-bond donors (Lipinski definition) is 1. The summed E-state index contributed by atoms with van der Waals surface area (Å²) < 4.78 is 44.8. The highest BCUT2D eigenvalue weighted by Crippen LogP contribution is 2.32. The zero-order valence-electron chi connectivity index (χ0n) is 14.0. The lowest BCUT2D eigenvalue weighted by atomic mass is 10.1. The largest absolute Gasteiger partial charge is 0.497 e. The van der Waals surface area contributed by atoms with Gasteiger partial charge in [-0.15, -0.1) is 0 Å². The van der Waals surface area contributed by atoms with Crippen molar-refractivity contribution in [1.29, 1.82) is 0 Å². The number of methoxy groups -OCH3 is 1. The molecule has 0 aliphatic rings. The first-order chi connectivity index (χ1) is 12.9. The minimum Gasteiger partial charge on any atom is -0.497 e. The van der Waals surface area contributed by atoms with Gasteiger partial charge in [-0.3, -0.25) is 4.79 Å². The number of alkyl halides is 3. The second kappa shape index (κ2) is 7.40. The molecule has 0 fully saturated rings. The molecule has 0 saturated carbocycles. The summed E-state index contributed by atoms with van der Waals surface area (Å²) >= 11 is 0. The molecule has 9 heteroatoms. The number of halogens is 3. The lowest BCUT2D eigenvalue weighted by Crippen LogP contribution is -2.23. The predicted molar refractivity (Wildman–Crippen MR) is 92.6 cm³/mol. The molecule has 0 unspecified atom stereocenters. The van der Waals surface area contributed by atoms with Crippen LogP contribution in [-0.4, -0.2) is 29.2 Å². The van der Waals surface area contributed by atoms with Gasteiger partial charge in [0.25, 0.3) is 5.91 Å². The number of carbonyl (C=O) groups is 1. The Balaban J connectivity index is 1.86. The number of amides is 1. The second-order valence-electron chi connectivity index (χ2n) is 5.40. The summed E-state index contributed by atoms with van der Waals surface area (Å²) in [6, 6.07) is 10.9. The molecule has 0 aliphatic carbocycles. The maximum atomic E-state index is 13.3. The van der Waals surface area contributed by atoms with E-state index >= 15 is 0 Å². The standard InChI is InChI=1S/C18H13F3N4O2/c1-27-13-6-4-11(5-7-13)10-23-25-17(26)14-9-12-3-2-8-22-16(12)24-15(14)18(19,20)21/h2-10H,1H3,(H,25,26)/b23-10+. The molecular weight excluding hydrogens is 361 g/mol. The van der Waals surface area contributed by atoms with Gasteiger partial charge in [0.2, 0.25) is 0 Å². The molecule has 3 aromatic rings. The molecule has 0 bridgehead atoms. The Kier molecular flexibility index (Phi) is 5.02. The number of fused-ring (bicyclic) bond motifs is 1. The van der Waals surface area contributed by atoms with Crippen molar-refractivity contribution in [2.75, 3.05) is 7.11 Å². The van der Waals surface area contributed by atoms with Crippen LogP contribution >= 0.6 is 0 Å². The summed E-state index contributed by atoms with van der Waals surface area (Å²) in [6.07, 6.45) is -2.17. The number of benzene rings is 1. The van der Waals surface area contributed by atoms with E-state index in [-0.39, 0.29) is 5.65 Å². The first kappa shape index (κ1) is 18.3. The van der Waals surface area contributed by atoms with Crippen molar-refractivity contribution in [2.24, 2.45) is 5.10 Å². The molecule has 1 N–H and O–H groups in total. The van der Waals surface area contributed by atoms with Gasteiger partial charge in [-0.05, 0) is 48.0 Å². The quantitative estimate of drug-likeness (QED) is 0.561. The van der Waals surface area contributed by atoms with Gasteiger partial charge in [0.15, 0.2) is 11.3 Å².